The molecule has 1 aliphatic rings. The van der Waals surface area contributed by atoms with Crippen LogP contribution in [-0.4, -0.2) is 27.0 Å². The van der Waals surface area contributed by atoms with Gasteiger partial charge in [0.25, 0.3) is 0 Å². The summed E-state index contributed by atoms with van der Waals surface area (Å²) in [6.45, 7) is 4.37. The second-order valence-corrected chi connectivity index (χ2v) is 5.81. The van der Waals surface area contributed by atoms with E-state index in [1.807, 2.05) is 4.68 Å². The molecule has 3 rings (SSSR count). The average molecular weight is 273 g/mol. The molecule has 2 aromatic rings. The Bertz CT molecular complexity index is 584. The zero-order valence-electron chi connectivity index (χ0n) is 12.1. The van der Waals surface area contributed by atoms with Crippen molar-refractivity contribution in [3.63, 3.8) is 0 Å². The lowest BCUT2D eigenvalue weighted by Crippen LogP contribution is -2.37. The maximum atomic E-state index is 10.3. The number of fused-ring (bicyclic) bond motifs is 1. The Labute approximate surface area is 119 Å². The number of aromatic nitrogens is 2. The largest absolute Gasteiger partial charge is 0.389 e. The number of nitrogens with zero attached hydrogens (tertiary/aromatic N) is 2. The van der Waals surface area contributed by atoms with Crippen LogP contribution < -0.4 is 5.32 Å². The van der Waals surface area contributed by atoms with E-state index in [9.17, 15) is 5.11 Å². The number of aryl methyl sites for hydroxylation is 1. The summed E-state index contributed by atoms with van der Waals surface area (Å²) in [6, 6.07) is 8.34. The topological polar surface area (TPSA) is 50.1 Å². The maximum Gasteiger partial charge on any atom is 0.0841 e. The molecule has 1 aromatic carbocycles. The molecule has 1 saturated carbocycles. The Kier molecular flexibility index (Phi) is 3.76. The number of para-hydroxylation sites is 1. The minimum atomic E-state index is -0.497. The lowest BCUT2D eigenvalue weighted by molar-refractivity contribution is 0.0474. The Morgan fingerprint density at radius 1 is 1.30 bits per heavy atom. The van der Waals surface area contributed by atoms with Crippen molar-refractivity contribution in [3.8, 4) is 0 Å². The Morgan fingerprint density at radius 2 is 2.05 bits per heavy atom. The molecule has 0 unspecified atom stereocenters. The van der Waals surface area contributed by atoms with Crippen LogP contribution in [0.5, 0.6) is 0 Å². The van der Waals surface area contributed by atoms with E-state index in [1.165, 1.54) is 10.9 Å². The highest BCUT2D eigenvalue weighted by atomic mass is 16.3. The second-order valence-electron chi connectivity index (χ2n) is 5.81. The van der Waals surface area contributed by atoms with Crippen LogP contribution in [0, 0.1) is 0 Å². The van der Waals surface area contributed by atoms with Crippen LogP contribution >= 0.6 is 0 Å². The van der Waals surface area contributed by atoms with E-state index < -0.39 is 5.60 Å². The molecule has 0 aliphatic heterocycles. The first kappa shape index (κ1) is 13.6. The number of nitrogens with one attached hydrogen (secondary N) is 1. The van der Waals surface area contributed by atoms with E-state index in [4.69, 9.17) is 0 Å². The summed E-state index contributed by atoms with van der Waals surface area (Å²) in [6.07, 6.45) is 4.13. The Balaban J connectivity index is 1.71. The summed E-state index contributed by atoms with van der Waals surface area (Å²) in [5.74, 6) is 0. The fourth-order valence-corrected chi connectivity index (χ4v) is 3.19. The third kappa shape index (κ3) is 2.58. The van der Waals surface area contributed by atoms with Gasteiger partial charge < -0.3 is 10.4 Å². The highest BCUT2D eigenvalue weighted by Crippen LogP contribution is 2.28. The SMILES string of the molecule is CCn1nc(CNCC2(O)CCCC2)c2ccccc21. The smallest absolute Gasteiger partial charge is 0.0841 e. The molecule has 4 nitrogen and oxygen atoms in total. The van der Waals surface area contributed by atoms with Crippen LogP contribution in [-0.2, 0) is 13.1 Å². The molecule has 20 heavy (non-hydrogen) atoms. The number of aliphatic hydroxyl groups is 1. The van der Waals surface area contributed by atoms with Crippen LogP contribution in [0.1, 0.15) is 38.3 Å². The molecule has 0 spiro atoms. The molecule has 4 heteroatoms. The quantitative estimate of drug-likeness (QED) is 0.880. The van der Waals surface area contributed by atoms with Gasteiger partial charge in [-0.3, -0.25) is 4.68 Å². The number of hydrogen-bond acceptors (Lipinski definition) is 3. The van der Waals surface area contributed by atoms with Crippen LogP contribution in [0.2, 0.25) is 0 Å². The van der Waals surface area contributed by atoms with Gasteiger partial charge in [-0.2, -0.15) is 5.10 Å². The fraction of sp³-hybridized carbons (Fsp3) is 0.562. The van der Waals surface area contributed by atoms with Gasteiger partial charge in [-0.05, 0) is 25.8 Å². The van der Waals surface area contributed by atoms with Crippen LogP contribution in [0.4, 0.5) is 0 Å². The lowest BCUT2D eigenvalue weighted by atomic mass is 10.0. The first-order valence-electron chi connectivity index (χ1n) is 7.59. The summed E-state index contributed by atoms with van der Waals surface area (Å²) >= 11 is 0. The first-order valence-corrected chi connectivity index (χ1v) is 7.59. The highest BCUT2D eigenvalue weighted by molar-refractivity contribution is 5.81. The van der Waals surface area contributed by atoms with Gasteiger partial charge in [-0.25, -0.2) is 0 Å². The van der Waals surface area contributed by atoms with Gasteiger partial charge in [-0.15, -0.1) is 0 Å². The van der Waals surface area contributed by atoms with Crippen LogP contribution in [0.15, 0.2) is 24.3 Å². The van der Waals surface area contributed by atoms with Gasteiger partial charge in [0.1, 0.15) is 0 Å². The normalized spacial score (nSPS) is 17.9. The third-order valence-electron chi connectivity index (χ3n) is 4.31. The molecule has 0 atom stereocenters. The maximum absolute atomic E-state index is 10.3. The third-order valence-corrected chi connectivity index (χ3v) is 4.31. The molecule has 1 fully saturated rings. The van der Waals surface area contributed by atoms with Crippen molar-refractivity contribution < 1.29 is 5.11 Å². The van der Waals surface area contributed by atoms with Crippen LogP contribution in [0.3, 0.4) is 0 Å². The second kappa shape index (κ2) is 5.54. The van der Waals surface area contributed by atoms with Crippen molar-refractivity contribution in [1.29, 1.82) is 0 Å². The monoisotopic (exact) mass is 273 g/mol. The lowest BCUT2D eigenvalue weighted by Gasteiger charge is -2.22. The molecule has 108 valence electrons. The van der Waals surface area contributed by atoms with Crippen molar-refractivity contribution >= 4 is 10.9 Å². The van der Waals surface area contributed by atoms with Gasteiger partial charge in [-0.1, -0.05) is 31.0 Å². The predicted molar refractivity (Wildman–Crippen MR) is 80.5 cm³/mol. The summed E-state index contributed by atoms with van der Waals surface area (Å²) in [5.41, 5.74) is 1.76. The molecule has 2 N–H and O–H groups in total. The Hall–Kier alpha value is -1.39. The van der Waals surface area contributed by atoms with Gasteiger partial charge in [0.2, 0.25) is 0 Å². The van der Waals surface area contributed by atoms with Crippen molar-refractivity contribution in [2.45, 2.75) is 51.3 Å². The van der Waals surface area contributed by atoms with E-state index in [0.29, 0.717) is 6.54 Å². The minimum absolute atomic E-state index is 0.497. The number of hydrogen-bond donors (Lipinski definition) is 2. The molecule has 1 aliphatic carbocycles. The van der Waals surface area contributed by atoms with E-state index in [-0.39, 0.29) is 0 Å². The highest BCUT2D eigenvalue weighted by Gasteiger charge is 2.30. The zero-order valence-corrected chi connectivity index (χ0v) is 12.1. The number of benzene rings is 1. The molecular weight excluding hydrogens is 250 g/mol. The van der Waals surface area contributed by atoms with Crippen molar-refractivity contribution in [1.82, 2.24) is 15.1 Å². The summed E-state index contributed by atoms with van der Waals surface area (Å²) in [5, 5.41) is 19.6. The van der Waals surface area contributed by atoms with Crippen LogP contribution in [0.25, 0.3) is 10.9 Å². The summed E-state index contributed by atoms with van der Waals surface area (Å²) in [7, 11) is 0. The number of rotatable bonds is 5. The van der Waals surface area contributed by atoms with Gasteiger partial charge >= 0.3 is 0 Å². The average Bonchev–Trinajstić information content (AvgIpc) is 3.04. The van der Waals surface area contributed by atoms with E-state index in [1.54, 1.807) is 0 Å². The zero-order chi connectivity index (χ0) is 14.0. The molecular formula is C16H23N3O. The van der Waals surface area contributed by atoms with E-state index in [0.717, 1.165) is 44.5 Å². The summed E-state index contributed by atoms with van der Waals surface area (Å²) in [4.78, 5) is 0. The standard InChI is InChI=1S/C16H23N3O/c1-2-19-15-8-4-3-7-13(15)14(18-19)11-17-12-16(20)9-5-6-10-16/h3-4,7-8,17,20H,2,5-6,9-12H2,1H3. The van der Waals surface area contributed by atoms with Gasteiger partial charge in [0, 0.05) is 25.0 Å². The molecule has 0 bridgehead atoms. The predicted octanol–water partition coefficient (Wildman–Crippen LogP) is 2.45. The fourth-order valence-electron chi connectivity index (χ4n) is 3.19. The molecule has 1 heterocycles. The molecule has 0 amide bonds. The Morgan fingerprint density at radius 3 is 2.80 bits per heavy atom. The van der Waals surface area contributed by atoms with E-state index >= 15 is 0 Å². The molecule has 1 aromatic heterocycles. The van der Waals surface area contributed by atoms with E-state index in [2.05, 4.69) is 41.6 Å². The summed E-state index contributed by atoms with van der Waals surface area (Å²) < 4.78 is 2.04. The van der Waals surface area contributed by atoms with Gasteiger partial charge in [0.05, 0.1) is 16.8 Å². The van der Waals surface area contributed by atoms with Gasteiger partial charge in [0.15, 0.2) is 0 Å². The minimum Gasteiger partial charge on any atom is -0.389 e. The van der Waals surface area contributed by atoms with Crippen molar-refractivity contribution in [3.05, 3.63) is 30.0 Å². The van der Waals surface area contributed by atoms with Crippen molar-refractivity contribution in [2.75, 3.05) is 6.54 Å². The van der Waals surface area contributed by atoms with Crippen molar-refractivity contribution in [2.24, 2.45) is 0 Å². The molecule has 0 radical (unpaired) electrons. The molecule has 0 saturated heterocycles. The first-order chi connectivity index (χ1) is 9.72.